The standard InChI is InChI=1S/C15H27N3O/c1-5-10-17-13(11-8-6-7-9-11)12(16)14(19)18(17)15(2,3)4/h11H,5-10,16H2,1-4H3. The van der Waals surface area contributed by atoms with Crippen molar-refractivity contribution in [3.05, 3.63) is 16.0 Å². The Kier molecular flexibility index (Phi) is 3.79. The minimum Gasteiger partial charge on any atom is -0.393 e. The van der Waals surface area contributed by atoms with Gasteiger partial charge < -0.3 is 5.73 Å². The first kappa shape index (κ1) is 14.2. The second kappa shape index (κ2) is 5.06. The summed E-state index contributed by atoms with van der Waals surface area (Å²) < 4.78 is 4.02. The van der Waals surface area contributed by atoms with E-state index in [0.29, 0.717) is 11.6 Å². The van der Waals surface area contributed by atoms with Crippen molar-refractivity contribution >= 4 is 5.69 Å². The zero-order valence-corrected chi connectivity index (χ0v) is 12.7. The van der Waals surface area contributed by atoms with Gasteiger partial charge in [-0.3, -0.25) is 9.48 Å². The Morgan fingerprint density at radius 3 is 2.32 bits per heavy atom. The van der Waals surface area contributed by atoms with Crippen LogP contribution in [0, 0.1) is 0 Å². The van der Waals surface area contributed by atoms with Crippen molar-refractivity contribution < 1.29 is 0 Å². The highest BCUT2D eigenvalue weighted by molar-refractivity contribution is 5.44. The number of rotatable bonds is 3. The fourth-order valence-corrected chi connectivity index (χ4v) is 3.31. The van der Waals surface area contributed by atoms with E-state index in [4.69, 9.17) is 5.73 Å². The lowest BCUT2D eigenvalue weighted by molar-refractivity contribution is 0.275. The lowest BCUT2D eigenvalue weighted by Gasteiger charge is -2.26. The number of aromatic nitrogens is 2. The van der Waals surface area contributed by atoms with E-state index in [1.807, 2.05) is 4.68 Å². The molecule has 0 aliphatic heterocycles. The molecule has 1 aromatic rings. The van der Waals surface area contributed by atoms with E-state index in [0.717, 1.165) is 18.7 Å². The van der Waals surface area contributed by atoms with Crippen molar-refractivity contribution in [2.45, 2.75) is 77.8 Å². The topological polar surface area (TPSA) is 52.9 Å². The maximum absolute atomic E-state index is 12.5. The summed E-state index contributed by atoms with van der Waals surface area (Å²) in [6, 6.07) is 0. The molecule has 4 heteroatoms. The van der Waals surface area contributed by atoms with Crippen LogP contribution in [0.15, 0.2) is 4.79 Å². The summed E-state index contributed by atoms with van der Waals surface area (Å²) in [5, 5.41) is 0. The predicted molar refractivity (Wildman–Crippen MR) is 79.6 cm³/mol. The third-order valence-electron chi connectivity index (χ3n) is 4.03. The molecular formula is C15H27N3O. The van der Waals surface area contributed by atoms with Gasteiger partial charge in [-0.05, 0) is 40.0 Å². The van der Waals surface area contributed by atoms with Crippen molar-refractivity contribution in [3.63, 3.8) is 0 Å². The van der Waals surface area contributed by atoms with Crippen LogP contribution in [0.4, 0.5) is 5.69 Å². The molecule has 0 unspecified atom stereocenters. The van der Waals surface area contributed by atoms with Gasteiger partial charge in [0.05, 0.1) is 11.2 Å². The van der Waals surface area contributed by atoms with Crippen molar-refractivity contribution in [1.29, 1.82) is 0 Å². The van der Waals surface area contributed by atoms with E-state index in [1.165, 1.54) is 25.7 Å². The van der Waals surface area contributed by atoms with Crippen LogP contribution in [0.25, 0.3) is 0 Å². The molecular weight excluding hydrogens is 238 g/mol. The number of hydrogen-bond donors (Lipinski definition) is 1. The van der Waals surface area contributed by atoms with E-state index in [1.54, 1.807) is 0 Å². The molecule has 2 rings (SSSR count). The highest BCUT2D eigenvalue weighted by Gasteiger charge is 2.30. The van der Waals surface area contributed by atoms with Crippen LogP contribution < -0.4 is 11.3 Å². The molecule has 0 atom stereocenters. The number of anilines is 1. The van der Waals surface area contributed by atoms with E-state index >= 15 is 0 Å². The first-order valence-corrected chi connectivity index (χ1v) is 7.49. The minimum absolute atomic E-state index is 0.0112. The Morgan fingerprint density at radius 2 is 1.84 bits per heavy atom. The molecule has 0 saturated heterocycles. The molecule has 1 fully saturated rings. The zero-order chi connectivity index (χ0) is 14.2. The summed E-state index contributed by atoms with van der Waals surface area (Å²) in [5.74, 6) is 0.475. The number of hydrogen-bond acceptors (Lipinski definition) is 2. The number of nitrogens with two attached hydrogens (primary N) is 1. The van der Waals surface area contributed by atoms with Gasteiger partial charge in [0, 0.05) is 12.5 Å². The molecule has 0 amide bonds. The van der Waals surface area contributed by atoms with E-state index in [9.17, 15) is 4.79 Å². The van der Waals surface area contributed by atoms with Gasteiger partial charge in [-0.2, -0.15) is 0 Å². The fourth-order valence-electron chi connectivity index (χ4n) is 3.31. The first-order valence-electron chi connectivity index (χ1n) is 7.49. The Morgan fingerprint density at radius 1 is 1.26 bits per heavy atom. The van der Waals surface area contributed by atoms with E-state index in [2.05, 4.69) is 32.4 Å². The SMILES string of the molecule is CCCn1c(C2CCCC2)c(N)c(=O)n1C(C)(C)C. The van der Waals surface area contributed by atoms with Gasteiger partial charge in [0.15, 0.2) is 0 Å². The normalized spacial score (nSPS) is 17.3. The van der Waals surface area contributed by atoms with E-state index in [-0.39, 0.29) is 11.1 Å². The van der Waals surface area contributed by atoms with Crippen LogP contribution in [0.1, 0.15) is 71.4 Å². The number of nitrogen functional groups attached to an aromatic ring is 1. The highest BCUT2D eigenvalue weighted by atomic mass is 16.1. The summed E-state index contributed by atoms with van der Waals surface area (Å²) in [7, 11) is 0. The monoisotopic (exact) mass is 265 g/mol. The average molecular weight is 265 g/mol. The first-order chi connectivity index (χ1) is 8.88. The zero-order valence-electron chi connectivity index (χ0n) is 12.7. The molecule has 2 N–H and O–H groups in total. The van der Waals surface area contributed by atoms with Crippen molar-refractivity contribution in [2.75, 3.05) is 5.73 Å². The Bertz CT molecular complexity index is 499. The Hall–Kier alpha value is -1.19. The van der Waals surface area contributed by atoms with Crippen LogP contribution in [0.3, 0.4) is 0 Å². The summed E-state index contributed by atoms with van der Waals surface area (Å²) in [5.41, 5.74) is 7.50. The Balaban J connectivity index is 2.62. The lowest BCUT2D eigenvalue weighted by atomic mass is 10.0. The molecule has 1 aliphatic carbocycles. The minimum atomic E-state index is -0.225. The number of nitrogens with zero attached hydrogens (tertiary/aromatic N) is 2. The third kappa shape index (κ3) is 2.45. The van der Waals surface area contributed by atoms with Crippen LogP contribution in [-0.4, -0.2) is 9.36 Å². The predicted octanol–water partition coefficient (Wildman–Crippen LogP) is 3.05. The van der Waals surface area contributed by atoms with Crippen LogP contribution >= 0.6 is 0 Å². The van der Waals surface area contributed by atoms with Crippen molar-refractivity contribution in [2.24, 2.45) is 0 Å². The second-order valence-corrected chi connectivity index (χ2v) is 6.69. The highest BCUT2D eigenvalue weighted by Crippen LogP contribution is 2.37. The molecule has 1 aromatic heterocycles. The molecule has 108 valence electrons. The molecule has 0 bridgehead atoms. The quantitative estimate of drug-likeness (QED) is 0.913. The van der Waals surface area contributed by atoms with Crippen LogP contribution in [0.2, 0.25) is 0 Å². The van der Waals surface area contributed by atoms with Gasteiger partial charge in [-0.15, -0.1) is 0 Å². The summed E-state index contributed by atoms with van der Waals surface area (Å²) >= 11 is 0. The van der Waals surface area contributed by atoms with Gasteiger partial charge in [0.2, 0.25) is 0 Å². The smallest absolute Gasteiger partial charge is 0.290 e. The average Bonchev–Trinajstić information content (AvgIpc) is 2.87. The summed E-state index contributed by atoms with van der Waals surface area (Å²) in [6.07, 6.45) is 5.86. The molecule has 4 nitrogen and oxygen atoms in total. The van der Waals surface area contributed by atoms with Gasteiger partial charge in [-0.1, -0.05) is 19.8 Å². The summed E-state index contributed by atoms with van der Waals surface area (Å²) in [4.78, 5) is 12.5. The molecule has 0 spiro atoms. The summed E-state index contributed by atoms with van der Waals surface area (Å²) in [6.45, 7) is 9.22. The largest absolute Gasteiger partial charge is 0.393 e. The van der Waals surface area contributed by atoms with Crippen LogP contribution in [0.5, 0.6) is 0 Å². The maximum atomic E-state index is 12.5. The van der Waals surface area contributed by atoms with Gasteiger partial charge in [-0.25, -0.2) is 4.68 Å². The van der Waals surface area contributed by atoms with Gasteiger partial charge in [0.1, 0.15) is 5.69 Å². The molecule has 1 heterocycles. The molecule has 0 radical (unpaired) electrons. The Labute approximate surface area is 115 Å². The molecule has 19 heavy (non-hydrogen) atoms. The van der Waals surface area contributed by atoms with Gasteiger partial charge >= 0.3 is 0 Å². The fraction of sp³-hybridized carbons (Fsp3) is 0.800. The van der Waals surface area contributed by atoms with Crippen molar-refractivity contribution in [1.82, 2.24) is 9.36 Å². The molecule has 1 saturated carbocycles. The molecule has 0 aromatic carbocycles. The second-order valence-electron chi connectivity index (χ2n) is 6.69. The van der Waals surface area contributed by atoms with Gasteiger partial charge in [0.25, 0.3) is 5.56 Å². The third-order valence-corrected chi connectivity index (χ3v) is 4.03. The van der Waals surface area contributed by atoms with E-state index < -0.39 is 0 Å². The van der Waals surface area contributed by atoms with Crippen molar-refractivity contribution in [3.8, 4) is 0 Å². The molecule has 1 aliphatic rings. The lowest BCUT2D eigenvalue weighted by Crippen LogP contribution is -2.37. The van der Waals surface area contributed by atoms with Crippen LogP contribution in [-0.2, 0) is 12.1 Å². The maximum Gasteiger partial charge on any atom is 0.290 e.